The topological polar surface area (TPSA) is 75.2 Å². The normalized spacial score (nSPS) is 19.6. The van der Waals surface area contributed by atoms with Crippen molar-refractivity contribution in [2.45, 2.75) is 6.92 Å². The highest BCUT2D eigenvalue weighted by Crippen LogP contribution is 2.27. The van der Waals surface area contributed by atoms with Gasteiger partial charge < -0.3 is 5.32 Å². The Morgan fingerprint density at radius 2 is 1.95 bits per heavy atom. The summed E-state index contributed by atoms with van der Waals surface area (Å²) in [6, 6.07) is 1.69. The fourth-order valence-corrected chi connectivity index (χ4v) is 3.92. The number of piperazine rings is 1. The minimum Gasteiger partial charge on any atom is -0.306 e. The van der Waals surface area contributed by atoms with Crippen molar-refractivity contribution < 1.29 is 8.42 Å². The summed E-state index contributed by atoms with van der Waals surface area (Å²) >= 11 is 0. The molecule has 1 N–H and O–H groups in total. The van der Waals surface area contributed by atoms with Crippen LogP contribution in [0.1, 0.15) is 5.82 Å². The monoisotopic (exact) mass is 286 g/mol. The van der Waals surface area contributed by atoms with Crippen molar-refractivity contribution in [3.63, 3.8) is 0 Å². The van der Waals surface area contributed by atoms with Gasteiger partial charge in [0, 0.05) is 39.4 Å². The standard InChI is InChI=1S/C11H20N5O2S/c1-10-13-5-4-11(14-10)16(8-6-12-7-9-16)19(17,18)15(2)3/h4-5,12H,6-9H2,1-3H3/q+1. The van der Waals surface area contributed by atoms with Gasteiger partial charge in [0.1, 0.15) is 18.9 Å². The first-order chi connectivity index (χ1) is 8.90. The number of aromatic nitrogens is 2. The molecule has 0 unspecified atom stereocenters. The van der Waals surface area contributed by atoms with Gasteiger partial charge in [0.25, 0.3) is 0 Å². The van der Waals surface area contributed by atoms with Crippen LogP contribution < -0.4 is 9.21 Å². The summed E-state index contributed by atoms with van der Waals surface area (Å²) < 4.78 is 26.6. The summed E-state index contributed by atoms with van der Waals surface area (Å²) in [5.41, 5.74) is 0. The minimum absolute atomic E-state index is 0.143. The molecule has 1 saturated heterocycles. The van der Waals surface area contributed by atoms with Crippen LogP contribution in [0.15, 0.2) is 12.3 Å². The van der Waals surface area contributed by atoms with E-state index >= 15 is 0 Å². The predicted molar refractivity (Wildman–Crippen MR) is 73.8 cm³/mol. The smallest absolute Gasteiger partial charge is 0.306 e. The second-order valence-corrected chi connectivity index (χ2v) is 7.13. The minimum atomic E-state index is -3.49. The average molecular weight is 286 g/mol. The molecular formula is C11H20N5O2S+. The van der Waals surface area contributed by atoms with Crippen LogP contribution in [0, 0.1) is 6.92 Å². The Kier molecular flexibility index (Phi) is 3.86. The zero-order valence-electron chi connectivity index (χ0n) is 11.5. The van der Waals surface area contributed by atoms with Crippen LogP contribution in [-0.4, -0.2) is 63.0 Å². The van der Waals surface area contributed by atoms with Crippen molar-refractivity contribution >= 4 is 16.0 Å². The molecule has 0 aromatic carbocycles. The van der Waals surface area contributed by atoms with Gasteiger partial charge in [0.2, 0.25) is 5.82 Å². The molecule has 7 nitrogen and oxygen atoms in total. The third-order valence-electron chi connectivity index (χ3n) is 3.38. The molecule has 0 spiro atoms. The predicted octanol–water partition coefficient (Wildman–Crippen LogP) is -0.498. The maximum atomic E-state index is 12.7. The van der Waals surface area contributed by atoms with E-state index in [9.17, 15) is 8.42 Å². The maximum Gasteiger partial charge on any atom is 0.378 e. The van der Waals surface area contributed by atoms with E-state index in [4.69, 9.17) is 0 Å². The van der Waals surface area contributed by atoms with Gasteiger partial charge in [-0.15, -0.1) is 0 Å². The molecule has 2 rings (SSSR count). The molecule has 19 heavy (non-hydrogen) atoms. The highest BCUT2D eigenvalue weighted by molar-refractivity contribution is 7.88. The molecule has 1 aromatic rings. The molecule has 1 fully saturated rings. The van der Waals surface area contributed by atoms with Crippen molar-refractivity contribution in [3.8, 4) is 0 Å². The molecule has 1 aliphatic heterocycles. The van der Waals surface area contributed by atoms with Gasteiger partial charge in [0.15, 0.2) is 0 Å². The lowest BCUT2D eigenvalue weighted by Crippen LogP contribution is -2.66. The first-order valence-electron chi connectivity index (χ1n) is 6.21. The molecular weight excluding hydrogens is 266 g/mol. The van der Waals surface area contributed by atoms with Crippen molar-refractivity contribution in [1.29, 1.82) is 0 Å². The molecule has 0 amide bonds. The molecule has 0 saturated carbocycles. The van der Waals surface area contributed by atoms with Crippen LogP contribution in [0.2, 0.25) is 0 Å². The Balaban J connectivity index is 2.59. The molecule has 0 radical (unpaired) electrons. The highest BCUT2D eigenvalue weighted by Gasteiger charge is 2.48. The molecule has 0 bridgehead atoms. The first kappa shape index (κ1) is 14.3. The molecule has 1 aromatic heterocycles. The van der Waals surface area contributed by atoms with Gasteiger partial charge in [-0.3, -0.25) is 0 Å². The van der Waals surface area contributed by atoms with Crippen LogP contribution in [0.3, 0.4) is 0 Å². The summed E-state index contributed by atoms with van der Waals surface area (Å²) in [6.45, 7) is 4.00. The van der Waals surface area contributed by atoms with Crippen molar-refractivity contribution in [1.82, 2.24) is 23.5 Å². The van der Waals surface area contributed by atoms with E-state index in [1.165, 1.54) is 4.31 Å². The van der Waals surface area contributed by atoms with Gasteiger partial charge in [-0.05, 0) is 6.92 Å². The Morgan fingerprint density at radius 1 is 1.32 bits per heavy atom. The Bertz CT molecular complexity index is 552. The lowest BCUT2D eigenvalue weighted by atomic mass is 10.3. The Labute approximate surface area is 114 Å². The molecule has 8 heteroatoms. The number of quaternary nitrogens is 1. The number of nitrogens with one attached hydrogen (secondary N) is 1. The van der Waals surface area contributed by atoms with Gasteiger partial charge >= 0.3 is 10.2 Å². The first-order valence-corrected chi connectivity index (χ1v) is 7.60. The summed E-state index contributed by atoms with van der Waals surface area (Å²) in [5, 5.41) is 3.19. The maximum absolute atomic E-state index is 12.7. The second kappa shape index (κ2) is 5.12. The summed E-state index contributed by atoms with van der Waals surface area (Å²) in [6.07, 6.45) is 1.62. The third kappa shape index (κ3) is 2.36. The van der Waals surface area contributed by atoms with Crippen LogP contribution in [0.5, 0.6) is 0 Å². The summed E-state index contributed by atoms with van der Waals surface area (Å²) in [7, 11) is -0.369. The SMILES string of the molecule is Cc1nccc([N+]2(S(=O)(=O)N(C)C)CCNCC2)n1. The zero-order valence-corrected chi connectivity index (χ0v) is 12.3. The second-order valence-electron chi connectivity index (χ2n) is 4.81. The zero-order chi connectivity index (χ0) is 14.1. The largest absolute Gasteiger partial charge is 0.378 e. The van der Waals surface area contributed by atoms with E-state index in [1.807, 2.05) is 0 Å². The van der Waals surface area contributed by atoms with Gasteiger partial charge in [0.05, 0.1) is 0 Å². The van der Waals surface area contributed by atoms with Gasteiger partial charge in [-0.25, -0.2) is 4.98 Å². The number of nitrogens with zero attached hydrogens (tertiary/aromatic N) is 4. The molecule has 106 valence electrons. The lowest BCUT2D eigenvalue weighted by molar-refractivity contribution is 0.326. The van der Waals surface area contributed by atoms with Crippen molar-refractivity contribution in [3.05, 3.63) is 18.1 Å². The number of rotatable bonds is 3. The van der Waals surface area contributed by atoms with E-state index in [-0.39, 0.29) is 3.89 Å². The van der Waals surface area contributed by atoms with Gasteiger partial charge in [-0.1, -0.05) is 0 Å². The fraction of sp³-hybridized carbons (Fsp3) is 0.636. The van der Waals surface area contributed by atoms with E-state index < -0.39 is 10.2 Å². The number of hydrogen-bond donors (Lipinski definition) is 1. The van der Waals surface area contributed by atoms with E-state index in [0.29, 0.717) is 37.8 Å². The molecule has 0 atom stereocenters. The van der Waals surface area contributed by atoms with E-state index in [1.54, 1.807) is 33.3 Å². The van der Waals surface area contributed by atoms with E-state index in [2.05, 4.69) is 15.3 Å². The van der Waals surface area contributed by atoms with Crippen LogP contribution >= 0.6 is 0 Å². The fourth-order valence-electron chi connectivity index (χ4n) is 2.32. The molecule has 2 heterocycles. The van der Waals surface area contributed by atoms with Crippen LogP contribution in [0.4, 0.5) is 5.82 Å². The van der Waals surface area contributed by atoms with Crippen LogP contribution in [-0.2, 0) is 10.2 Å². The summed E-state index contributed by atoms with van der Waals surface area (Å²) in [5.74, 6) is 1.13. The highest BCUT2D eigenvalue weighted by atomic mass is 32.2. The average Bonchev–Trinajstić information content (AvgIpc) is 2.39. The molecule has 0 aliphatic carbocycles. The lowest BCUT2D eigenvalue weighted by Gasteiger charge is -2.39. The Morgan fingerprint density at radius 3 is 2.47 bits per heavy atom. The number of aryl methyl sites for hydroxylation is 1. The Hall–Kier alpha value is -1.09. The quantitative estimate of drug-likeness (QED) is 0.758. The molecule has 1 aliphatic rings. The number of hydrogen-bond acceptors (Lipinski definition) is 5. The third-order valence-corrected chi connectivity index (χ3v) is 5.74. The van der Waals surface area contributed by atoms with E-state index in [0.717, 1.165) is 0 Å². The van der Waals surface area contributed by atoms with Crippen LogP contribution in [0.25, 0.3) is 0 Å². The van der Waals surface area contributed by atoms with Crippen molar-refractivity contribution in [2.24, 2.45) is 0 Å². The summed E-state index contributed by atoms with van der Waals surface area (Å²) in [4.78, 5) is 8.39. The van der Waals surface area contributed by atoms with Gasteiger partial charge in [-0.2, -0.15) is 21.6 Å². The van der Waals surface area contributed by atoms with Crippen molar-refractivity contribution in [2.75, 3.05) is 40.3 Å².